The van der Waals surface area contributed by atoms with Gasteiger partial charge in [-0.1, -0.05) is 247 Å². The molecule has 0 aromatic heterocycles. The maximum atomic E-state index is 12.9. The van der Waals surface area contributed by atoms with E-state index in [-0.39, 0.29) is 37.5 Å². The number of esters is 3. The summed E-state index contributed by atoms with van der Waals surface area (Å²) in [6.45, 7) is 6.46. The number of rotatable bonds is 51. The Balaban J connectivity index is 4.47. The Hall–Kier alpha value is -3.41. The van der Waals surface area contributed by atoms with Crippen LogP contribution in [0.15, 0.2) is 85.1 Å². The van der Waals surface area contributed by atoms with Crippen LogP contribution in [0.5, 0.6) is 0 Å². The molecule has 0 bridgehead atoms. The van der Waals surface area contributed by atoms with Crippen molar-refractivity contribution in [3.8, 4) is 0 Å². The third-order valence-corrected chi connectivity index (χ3v) is 12.1. The zero-order valence-corrected chi connectivity index (χ0v) is 44.6. The fourth-order valence-electron chi connectivity index (χ4n) is 7.86. The van der Waals surface area contributed by atoms with Crippen LogP contribution >= 0.6 is 0 Å². The van der Waals surface area contributed by atoms with Crippen LogP contribution in [0.25, 0.3) is 0 Å². The molecule has 1 atom stereocenters. The van der Waals surface area contributed by atoms with Gasteiger partial charge < -0.3 is 14.2 Å². The van der Waals surface area contributed by atoms with Gasteiger partial charge in [-0.3, -0.25) is 14.4 Å². The number of ether oxygens (including phenoxy) is 3. The van der Waals surface area contributed by atoms with Gasteiger partial charge in [0, 0.05) is 19.3 Å². The van der Waals surface area contributed by atoms with Gasteiger partial charge in [0.05, 0.1) is 0 Å². The Kier molecular flexibility index (Phi) is 53.4. The van der Waals surface area contributed by atoms with E-state index >= 15 is 0 Å². The average Bonchev–Trinajstić information content (AvgIpc) is 3.34. The van der Waals surface area contributed by atoms with Gasteiger partial charge in [-0.05, 0) is 89.9 Å². The molecule has 6 heteroatoms. The van der Waals surface area contributed by atoms with Crippen molar-refractivity contribution in [2.75, 3.05) is 13.2 Å². The lowest BCUT2D eigenvalue weighted by Crippen LogP contribution is -2.30. The lowest BCUT2D eigenvalue weighted by Gasteiger charge is -2.18. The molecule has 0 spiro atoms. The molecule has 0 aromatic rings. The number of unbranched alkanes of at least 4 members (excludes halogenated alkanes) is 26. The van der Waals surface area contributed by atoms with Gasteiger partial charge in [0.25, 0.3) is 0 Å². The molecular formula is C62H106O6. The van der Waals surface area contributed by atoms with Crippen molar-refractivity contribution in [2.45, 2.75) is 277 Å². The number of carbonyl (C=O) groups is 3. The average molecular weight is 948 g/mol. The molecule has 68 heavy (non-hydrogen) atoms. The predicted octanol–water partition coefficient (Wildman–Crippen LogP) is 19.2. The molecule has 0 aromatic carbocycles. The number of hydrogen-bond acceptors (Lipinski definition) is 6. The standard InChI is InChI=1S/C62H106O6/c1-4-7-10-13-16-19-22-25-28-31-34-37-40-43-46-49-52-55-61(64)67-58-59(57-66-60(63)54-51-48-45-42-39-36-33-30-27-24-21-18-15-12-9-6-3)68-62(65)56-53-50-47-44-41-38-35-32-29-26-23-20-17-14-11-8-5-2/h7,10,16-17,19-20,25-26,28-29,34,37,43,46,59H,4-6,8-9,11-15,18,21-24,27,30-33,35-36,38-42,44-45,47-58H2,1-3H3/b10-7-,19-16-,20-17-,28-25-,29-26-,37-34-,46-43-. The SMILES string of the molecule is CC/C=C\C/C=C\C/C=C\C/C=C\C/C=C\CCCC(=O)OCC(COC(=O)CCCCCCCCCCCCCCCCCC)OC(=O)CCCCCCCCC/C=C\C/C=C\CCCCC. The van der Waals surface area contributed by atoms with Crippen LogP contribution in [0.4, 0.5) is 0 Å². The van der Waals surface area contributed by atoms with Gasteiger partial charge in [0.15, 0.2) is 6.10 Å². The maximum absolute atomic E-state index is 12.9. The van der Waals surface area contributed by atoms with Gasteiger partial charge in [-0.25, -0.2) is 0 Å². The van der Waals surface area contributed by atoms with E-state index in [1.165, 1.54) is 135 Å². The van der Waals surface area contributed by atoms with Crippen LogP contribution in [0.3, 0.4) is 0 Å². The van der Waals surface area contributed by atoms with Crippen molar-refractivity contribution in [3.63, 3.8) is 0 Å². The number of carbonyl (C=O) groups excluding carboxylic acids is 3. The van der Waals surface area contributed by atoms with E-state index in [9.17, 15) is 14.4 Å². The van der Waals surface area contributed by atoms with Crippen molar-refractivity contribution in [3.05, 3.63) is 85.1 Å². The van der Waals surface area contributed by atoms with E-state index in [0.29, 0.717) is 19.3 Å². The normalized spacial score (nSPS) is 12.7. The fraction of sp³-hybridized carbons (Fsp3) is 0.726. The smallest absolute Gasteiger partial charge is 0.306 e. The minimum absolute atomic E-state index is 0.0956. The van der Waals surface area contributed by atoms with Gasteiger partial charge in [-0.2, -0.15) is 0 Å². The molecule has 0 heterocycles. The third kappa shape index (κ3) is 53.5. The van der Waals surface area contributed by atoms with E-state index in [1.807, 2.05) is 0 Å². The second-order valence-corrected chi connectivity index (χ2v) is 18.8. The lowest BCUT2D eigenvalue weighted by molar-refractivity contribution is -0.167. The number of allylic oxidation sites excluding steroid dienone is 14. The molecule has 0 fully saturated rings. The van der Waals surface area contributed by atoms with Gasteiger partial charge in [-0.15, -0.1) is 0 Å². The molecular weight excluding hydrogens is 841 g/mol. The molecule has 0 rings (SSSR count). The molecule has 1 unspecified atom stereocenters. The summed E-state index contributed by atoms with van der Waals surface area (Å²) in [6, 6.07) is 0. The van der Waals surface area contributed by atoms with Crippen LogP contribution in [0, 0.1) is 0 Å². The highest BCUT2D eigenvalue weighted by Crippen LogP contribution is 2.16. The Morgan fingerprint density at radius 3 is 0.985 bits per heavy atom. The van der Waals surface area contributed by atoms with E-state index in [0.717, 1.165) is 89.9 Å². The van der Waals surface area contributed by atoms with Crippen molar-refractivity contribution in [1.29, 1.82) is 0 Å². The summed E-state index contributed by atoms with van der Waals surface area (Å²) in [6.07, 6.45) is 72.9. The first kappa shape index (κ1) is 64.6. The molecule has 0 aliphatic rings. The lowest BCUT2D eigenvalue weighted by atomic mass is 10.0. The van der Waals surface area contributed by atoms with E-state index in [4.69, 9.17) is 14.2 Å². The van der Waals surface area contributed by atoms with Gasteiger partial charge in [0.1, 0.15) is 13.2 Å². The second kappa shape index (κ2) is 56.2. The Bertz CT molecular complexity index is 1320. The summed E-state index contributed by atoms with van der Waals surface area (Å²) >= 11 is 0. The van der Waals surface area contributed by atoms with E-state index in [1.54, 1.807) is 0 Å². The molecule has 0 saturated carbocycles. The highest BCUT2D eigenvalue weighted by Gasteiger charge is 2.19. The topological polar surface area (TPSA) is 78.9 Å². The van der Waals surface area contributed by atoms with Gasteiger partial charge in [0.2, 0.25) is 0 Å². The predicted molar refractivity (Wildman–Crippen MR) is 293 cm³/mol. The van der Waals surface area contributed by atoms with Crippen molar-refractivity contribution in [2.24, 2.45) is 0 Å². The van der Waals surface area contributed by atoms with Gasteiger partial charge >= 0.3 is 17.9 Å². The van der Waals surface area contributed by atoms with Crippen LogP contribution in [0.2, 0.25) is 0 Å². The highest BCUT2D eigenvalue weighted by atomic mass is 16.6. The zero-order valence-electron chi connectivity index (χ0n) is 44.6. The van der Waals surface area contributed by atoms with E-state index < -0.39 is 6.10 Å². The zero-order chi connectivity index (χ0) is 49.3. The van der Waals surface area contributed by atoms with E-state index in [2.05, 4.69) is 106 Å². The molecule has 390 valence electrons. The second-order valence-electron chi connectivity index (χ2n) is 18.8. The van der Waals surface area contributed by atoms with Crippen molar-refractivity contribution in [1.82, 2.24) is 0 Å². The summed E-state index contributed by atoms with van der Waals surface area (Å²) < 4.78 is 16.8. The maximum Gasteiger partial charge on any atom is 0.306 e. The first-order valence-corrected chi connectivity index (χ1v) is 28.6. The molecule has 0 amide bonds. The summed E-state index contributed by atoms with van der Waals surface area (Å²) in [5.41, 5.74) is 0. The molecule has 0 N–H and O–H groups in total. The van der Waals surface area contributed by atoms with Crippen LogP contribution in [-0.2, 0) is 28.6 Å². The first-order chi connectivity index (χ1) is 33.5. The summed E-state index contributed by atoms with van der Waals surface area (Å²) in [5.74, 6) is -0.957. The van der Waals surface area contributed by atoms with Crippen LogP contribution in [0.1, 0.15) is 271 Å². The Labute approximate surface area is 420 Å². The summed E-state index contributed by atoms with van der Waals surface area (Å²) in [5, 5.41) is 0. The quantitative estimate of drug-likeness (QED) is 0.0262. The minimum Gasteiger partial charge on any atom is -0.462 e. The summed E-state index contributed by atoms with van der Waals surface area (Å²) in [4.78, 5) is 38.1. The number of hydrogen-bond donors (Lipinski definition) is 0. The highest BCUT2D eigenvalue weighted by molar-refractivity contribution is 5.71. The monoisotopic (exact) mass is 947 g/mol. The molecule has 0 radical (unpaired) electrons. The summed E-state index contributed by atoms with van der Waals surface area (Å²) in [7, 11) is 0. The Morgan fingerprint density at radius 2 is 0.588 bits per heavy atom. The molecule has 6 nitrogen and oxygen atoms in total. The van der Waals surface area contributed by atoms with Crippen molar-refractivity contribution < 1.29 is 28.6 Å². The fourth-order valence-corrected chi connectivity index (χ4v) is 7.86. The third-order valence-electron chi connectivity index (χ3n) is 12.1. The molecule has 0 saturated heterocycles. The largest absolute Gasteiger partial charge is 0.462 e. The first-order valence-electron chi connectivity index (χ1n) is 28.6. The van der Waals surface area contributed by atoms with Crippen LogP contribution < -0.4 is 0 Å². The van der Waals surface area contributed by atoms with Crippen LogP contribution in [-0.4, -0.2) is 37.2 Å². The van der Waals surface area contributed by atoms with Crippen molar-refractivity contribution >= 4 is 17.9 Å². The Morgan fingerprint density at radius 1 is 0.309 bits per heavy atom. The molecule has 0 aliphatic carbocycles. The minimum atomic E-state index is -0.803. The molecule has 0 aliphatic heterocycles.